The minimum atomic E-state index is 0.252. The summed E-state index contributed by atoms with van der Waals surface area (Å²) in [6.45, 7) is 8.26. The quantitative estimate of drug-likeness (QED) is 0.841. The second kappa shape index (κ2) is 6.99. The number of anilines is 1. The number of hydrogen-bond acceptors (Lipinski definition) is 4. The molecule has 2 N–H and O–H groups in total. The first-order valence-electron chi connectivity index (χ1n) is 7.33. The lowest BCUT2D eigenvalue weighted by atomic mass is 10.1. The standard InChI is InChI=1S/C15H24N4S/c1-3-5-13(14(16)20)18-8-10-19(11-9-18)15-12(2)6-4-7-17-15/h4,6-7,13H,3,5,8-11H2,1-2H3,(H2,16,20). The minimum absolute atomic E-state index is 0.252. The Hall–Kier alpha value is -1.20. The number of pyridine rings is 1. The van der Waals surface area contributed by atoms with Gasteiger partial charge in [0.15, 0.2) is 0 Å². The minimum Gasteiger partial charge on any atom is -0.392 e. The molecule has 110 valence electrons. The summed E-state index contributed by atoms with van der Waals surface area (Å²) in [4.78, 5) is 9.91. The van der Waals surface area contributed by atoms with Crippen LogP contribution in [0.3, 0.4) is 0 Å². The molecule has 0 radical (unpaired) electrons. The van der Waals surface area contributed by atoms with Crippen molar-refractivity contribution in [2.24, 2.45) is 5.73 Å². The highest BCUT2D eigenvalue weighted by atomic mass is 32.1. The van der Waals surface area contributed by atoms with E-state index in [1.54, 1.807) is 0 Å². The predicted octanol–water partition coefficient (Wildman–Crippen LogP) is 1.97. The van der Waals surface area contributed by atoms with Crippen LogP contribution in [0.4, 0.5) is 5.82 Å². The second-order valence-corrected chi connectivity index (χ2v) is 5.85. The van der Waals surface area contributed by atoms with E-state index in [2.05, 4.69) is 34.7 Å². The average Bonchev–Trinajstić information content (AvgIpc) is 2.45. The molecule has 4 nitrogen and oxygen atoms in total. The Labute approximate surface area is 127 Å². The van der Waals surface area contributed by atoms with Crippen LogP contribution in [0.1, 0.15) is 25.3 Å². The van der Waals surface area contributed by atoms with Crippen LogP contribution in [0.15, 0.2) is 18.3 Å². The van der Waals surface area contributed by atoms with Crippen LogP contribution in [0.2, 0.25) is 0 Å². The van der Waals surface area contributed by atoms with Crippen molar-refractivity contribution < 1.29 is 0 Å². The van der Waals surface area contributed by atoms with Crippen molar-refractivity contribution in [2.45, 2.75) is 32.7 Å². The summed E-state index contributed by atoms with van der Waals surface area (Å²) in [7, 11) is 0. The highest BCUT2D eigenvalue weighted by Gasteiger charge is 2.25. The van der Waals surface area contributed by atoms with E-state index in [0.717, 1.165) is 44.8 Å². The molecule has 1 aromatic rings. The first-order chi connectivity index (χ1) is 9.63. The van der Waals surface area contributed by atoms with Gasteiger partial charge in [-0.1, -0.05) is 31.6 Å². The number of nitrogens with zero attached hydrogens (tertiary/aromatic N) is 3. The Bertz CT molecular complexity index is 455. The van der Waals surface area contributed by atoms with Gasteiger partial charge in [0.05, 0.1) is 11.0 Å². The third kappa shape index (κ3) is 3.46. The maximum Gasteiger partial charge on any atom is 0.131 e. The summed E-state index contributed by atoms with van der Waals surface area (Å²) in [6, 6.07) is 4.35. The Morgan fingerprint density at radius 2 is 2.10 bits per heavy atom. The van der Waals surface area contributed by atoms with E-state index in [4.69, 9.17) is 18.0 Å². The summed E-state index contributed by atoms with van der Waals surface area (Å²) in [5.74, 6) is 1.11. The SMILES string of the molecule is CCCC(C(N)=S)N1CCN(c2ncccc2C)CC1. The van der Waals surface area contributed by atoms with Gasteiger partial charge in [-0.05, 0) is 25.0 Å². The third-order valence-electron chi connectivity index (χ3n) is 3.93. The number of hydrogen-bond donors (Lipinski definition) is 1. The molecule has 0 aliphatic carbocycles. The molecule has 5 heteroatoms. The van der Waals surface area contributed by atoms with Crippen molar-refractivity contribution in [3.8, 4) is 0 Å². The predicted molar refractivity (Wildman–Crippen MR) is 88.2 cm³/mol. The van der Waals surface area contributed by atoms with Gasteiger partial charge < -0.3 is 10.6 Å². The molecule has 0 amide bonds. The van der Waals surface area contributed by atoms with Gasteiger partial charge in [0.1, 0.15) is 5.82 Å². The van der Waals surface area contributed by atoms with Crippen molar-refractivity contribution in [3.63, 3.8) is 0 Å². The molecular formula is C15H24N4S. The van der Waals surface area contributed by atoms with E-state index in [1.165, 1.54) is 5.56 Å². The first-order valence-corrected chi connectivity index (χ1v) is 7.74. The van der Waals surface area contributed by atoms with Gasteiger partial charge in [0.25, 0.3) is 0 Å². The smallest absolute Gasteiger partial charge is 0.131 e. The number of nitrogens with two attached hydrogens (primary N) is 1. The van der Waals surface area contributed by atoms with Crippen LogP contribution in [-0.4, -0.2) is 47.1 Å². The van der Waals surface area contributed by atoms with Gasteiger partial charge >= 0.3 is 0 Å². The lowest BCUT2D eigenvalue weighted by Crippen LogP contribution is -2.54. The number of rotatable bonds is 5. The largest absolute Gasteiger partial charge is 0.392 e. The fraction of sp³-hybridized carbons (Fsp3) is 0.600. The summed E-state index contributed by atoms with van der Waals surface area (Å²) in [5, 5.41) is 0. The molecule has 1 aliphatic rings. The van der Waals surface area contributed by atoms with E-state index in [1.807, 2.05) is 12.3 Å². The molecule has 0 bridgehead atoms. The Kier molecular flexibility index (Phi) is 5.31. The van der Waals surface area contributed by atoms with Crippen molar-refractivity contribution in [1.82, 2.24) is 9.88 Å². The number of aryl methyl sites for hydroxylation is 1. The number of thiocarbonyl (C=S) groups is 1. The maximum atomic E-state index is 5.89. The Morgan fingerprint density at radius 1 is 1.40 bits per heavy atom. The molecule has 1 saturated heterocycles. The Balaban J connectivity index is 1.98. The first kappa shape index (κ1) is 15.2. The van der Waals surface area contributed by atoms with E-state index in [-0.39, 0.29) is 6.04 Å². The molecule has 1 atom stereocenters. The van der Waals surface area contributed by atoms with Gasteiger partial charge in [0, 0.05) is 32.4 Å². The fourth-order valence-electron chi connectivity index (χ4n) is 2.83. The zero-order valence-corrected chi connectivity index (χ0v) is 13.2. The zero-order valence-electron chi connectivity index (χ0n) is 12.4. The monoisotopic (exact) mass is 292 g/mol. The van der Waals surface area contributed by atoms with Crippen LogP contribution in [0.5, 0.6) is 0 Å². The number of piperazine rings is 1. The molecular weight excluding hydrogens is 268 g/mol. The molecule has 1 aromatic heterocycles. The van der Waals surface area contributed by atoms with Crippen molar-refractivity contribution in [1.29, 1.82) is 0 Å². The van der Waals surface area contributed by atoms with Crippen LogP contribution >= 0.6 is 12.2 Å². The summed E-state index contributed by atoms with van der Waals surface area (Å²) in [5.41, 5.74) is 7.12. The van der Waals surface area contributed by atoms with Crippen molar-refractivity contribution in [3.05, 3.63) is 23.9 Å². The lowest BCUT2D eigenvalue weighted by Gasteiger charge is -2.39. The van der Waals surface area contributed by atoms with Crippen LogP contribution < -0.4 is 10.6 Å². The molecule has 1 aliphatic heterocycles. The van der Waals surface area contributed by atoms with Gasteiger partial charge in [-0.2, -0.15) is 0 Å². The molecule has 0 aromatic carbocycles. The highest BCUT2D eigenvalue weighted by Crippen LogP contribution is 2.19. The molecule has 1 fully saturated rings. The molecule has 20 heavy (non-hydrogen) atoms. The Morgan fingerprint density at radius 3 is 2.65 bits per heavy atom. The van der Waals surface area contributed by atoms with Gasteiger partial charge in [-0.15, -0.1) is 0 Å². The molecule has 0 saturated carbocycles. The maximum absolute atomic E-state index is 5.89. The van der Waals surface area contributed by atoms with Crippen LogP contribution in [-0.2, 0) is 0 Å². The second-order valence-electron chi connectivity index (χ2n) is 5.37. The molecule has 0 spiro atoms. The number of aromatic nitrogens is 1. The zero-order chi connectivity index (χ0) is 14.5. The van der Waals surface area contributed by atoms with Crippen molar-refractivity contribution in [2.75, 3.05) is 31.1 Å². The van der Waals surface area contributed by atoms with E-state index in [0.29, 0.717) is 4.99 Å². The fourth-order valence-corrected chi connectivity index (χ4v) is 3.10. The summed E-state index contributed by atoms with van der Waals surface area (Å²) >= 11 is 5.22. The molecule has 1 unspecified atom stereocenters. The van der Waals surface area contributed by atoms with Crippen LogP contribution in [0.25, 0.3) is 0 Å². The van der Waals surface area contributed by atoms with E-state index >= 15 is 0 Å². The van der Waals surface area contributed by atoms with Gasteiger partial charge in [0.2, 0.25) is 0 Å². The van der Waals surface area contributed by atoms with Gasteiger partial charge in [-0.3, -0.25) is 4.90 Å². The van der Waals surface area contributed by atoms with Crippen molar-refractivity contribution >= 4 is 23.0 Å². The summed E-state index contributed by atoms with van der Waals surface area (Å²) in [6.07, 6.45) is 4.03. The summed E-state index contributed by atoms with van der Waals surface area (Å²) < 4.78 is 0. The van der Waals surface area contributed by atoms with Gasteiger partial charge in [-0.25, -0.2) is 4.98 Å². The lowest BCUT2D eigenvalue weighted by molar-refractivity contribution is 0.219. The molecule has 2 heterocycles. The molecule has 2 rings (SSSR count). The normalized spacial score (nSPS) is 18.0. The van der Waals surface area contributed by atoms with Crippen LogP contribution in [0, 0.1) is 6.92 Å². The van der Waals surface area contributed by atoms with E-state index < -0.39 is 0 Å². The van der Waals surface area contributed by atoms with E-state index in [9.17, 15) is 0 Å². The average molecular weight is 292 g/mol. The third-order valence-corrected chi connectivity index (χ3v) is 4.20. The highest BCUT2D eigenvalue weighted by molar-refractivity contribution is 7.80. The topological polar surface area (TPSA) is 45.4 Å².